The van der Waals surface area contributed by atoms with Gasteiger partial charge in [0.15, 0.2) is 5.82 Å². The molecule has 0 saturated heterocycles. The molecule has 0 fully saturated rings. The summed E-state index contributed by atoms with van der Waals surface area (Å²) in [7, 11) is 0. The number of rotatable bonds is 6. The number of aromatic nitrogens is 6. The normalized spacial score (nSPS) is 10.8. The predicted molar refractivity (Wildman–Crippen MR) is 54.0 cm³/mol. The smallest absolute Gasteiger partial charge is 0.188 e. The average Bonchev–Trinajstić information content (AvgIpc) is 2.90. The molecule has 0 bridgehead atoms. The molecule has 8 nitrogen and oxygen atoms in total. The molecule has 0 atom stereocenters. The summed E-state index contributed by atoms with van der Waals surface area (Å²) < 4.78 is 1.70. The highest BCUT2D eigenvalue weighted by Crippen LogP contribution is 1.97. The van der Waals surface area contributed by atoms with Crippen LogP contribution in [0.15, 0.2) is 12.4 Å². The van der Waals surface area contributed by atoms with Crippen LogP contribution in [0.1, 0.15) is 11.4 Å². The number of nitrogens with one attached hydrogen (secondary N) is 2. The second-order valence-corrected chi connectivity index (χ2v) is 3.27. The minimum atomic E-state index is 0.0947. The van der Waals surface area contributed by atoms with Crippen molar-refractivity contribution in [1.29, 1.82) is 0 Å². The topological polar surface area (TPSA) is 105 Å². The van der Waals surface area contributed by atoms with Crippen LogP contribution in [-0.2, 0) is 19.6 Å². The summed E-state index contributed by atoms with van der Waals surface area (Å²) in [6, 6.07) is 0. The number of aliphatic hydroxyl groups excluding tert-OH is 1. The molecule has 0 aliphatic heterocycles. The third-order valence-electron chi connectivity index (χ3n) is 2.02. The first-order chi connectivity index (χ1) is 7.88. The molecule has 0 aliphatic rings. The van der Waals surface area contributed by atoms with Crippen molar-refractivity contribution >= 4 is 0 Å². The van der Waals surface area contributed by atoms with Gasteiger partial charge in [-0.1, -0.05) is 5.21 Å². The number of H-pyrrole nitrogens is 1. The molecule has 3 N–H and O–H groups in total. The minimum absolute atomic E-state index is 0.0947. The van der Waals surface area contributed by atoms with Crippen LogP contribution < -0.4 is 5.32 Å². The number of tetrazole rings is 1. The van der Waals surface area contributed by atoms with Gasteiger partial charge in [-0.2, -0.15) is 10.3 Å². The Kier molecular flexibility index (Phi) is 3.57. The molecular formula is C8H13N7O. The van der Waals surface area contributed by atoms with Gasteiger partial charge in [-0.3, -0.25) is 4.68 Å². The van der Waals surface area contributed by atoms with Gasteiger partial charge in [0.25, 0.3) is 0 Å². The highest BCUT2D eigenvalue weighted by atomic mass is 16.3. The quantitative estimate of drug-likeness (QED) is 0.561. The molecule has 2 aromatic heterocycles. The lowest BCUT2D eigenvalue weighted by molar-refractivity contribution is 0.269. The number of aliphatic hydroxyl groups is 1. The van der Waals surface area contributed by atoms with E-state index >= 15 is 0 Å². The monoisotopic (exact) mass is 223 g/mol. The van der Waals surface area contributed by atoms with Crippen LogP contribution in [0.3, 0.4) is 0 Å². The van der Waals surface area contributed by atoms with Gasteiger partial charge in [0.2, 0.25) is 0 Å². The molecule has 0 radical (unpaired) electrons. The van der Waals surface area contributed by atoms with E-state index in [9.17, 15) is 0 Å². The van der Waals surface area contributed by atoms with Crippen LogP contribution in [0.2, 0.25) is 0 Å². The van der Waals surface area contributed by atoms with Gasteiger partial charge >= 0.3 is 0 Å². The van der Waals surface area contributed by atoms with Gasteiger partial charge in [-0.25, -0.2) is 0 Å². The summed E-state index contributed by atoms with van der Waals surface area (Å²) in [5, 5.41) is 29.5. The molecule has 0 amide bonds. The Morgan fingerprint density at radius 1 is 1.44 bits per heavy atom. The van der Waals surface area contributed by atoms with E-state index in [2.05, 4.69) is 31.0 Å². The zero-order chi connectivity index (χ0) is 11.2. The summed E-state index contributed by atoms with van der Waals surface area (Å²) in [5.41, 5.74) is 1.05. The maximum absolute atomic E-state index is 8.73. The number of hydrogen-bond donors (Lipinski definition) is 3. The predicted octanol–water partition coefficient (Wildman–Crippen LogP) is -1.32. The molecule has 2 rings (SSSR count). The van der Waals surface area contributed by atoms with Crippen LogP contribution >= 0.6 is 0 Å². The van der Waals surface area contributed by atoms with Crippen molar-refractivity contribution < 1.29 is 5.11 Å². The summed E-state index contributed by atoms with van der Waals surface area (Å²) in [6.07, 6.45) is 3.65. The van der Waals surface area contributed by atoms with E-state index in [1.807, 2.05) is 6.20 Å². The summed E-state index contributed by atoms with van der Waals surface area (Å²) >= 11 is 0. The van der Waals surface area contributed by atoms with E-state index in [4.69, 9.17) is 5.11 Å². The molecule has 2 aromatic rings. The van der Waals surface area contributed by atoms with Crippen molar-refractivity contribution in [3.8, 4) is 0 Å². The molecule has 0 saturated carbocycles. The Bertz CT molecular complexity index is 410. The van der Waals surface area contributed by atoms with Crippen LogP contribution in [-0.4, -0.2) is 42.1 Å². The average molecular weight is 223 g/mol. The van der Waals surface area contributed by atoms with Gasteiger partial charge in [0.1, 0.15) is 0 Å². The second kappa shape index (κ2) is 5.33. The first-order valence-corrected chi connectivity index (χ1v) is 4.93. The zero-order valence-electron chi connectivity index (χ0n) is 8.67. The molecule has 16 heavy (non-hydrogen) atoms. The van der Waals surface area contributed by atoms with E-state index in [1.165, 1.54) is 0 Å². The van der Waals surface area contributed by atoms with Gasteiger partial charge in [0, 0.05) is 18.3 Å². The fraction of sp³-hybridized carbons (Fsp3) is 0.500. The van der Waals surface area contributed by atoms with Crippen molar-refractivity contribution in [2.45, 2.75) is 19.6 Å². The third kappa shape index (κ3) is 2.84. The number of aromatic amines is 1. The van der Waals surface area contributed by atoms with Crippen molar-refractivity contribution in [3.05, 3.63) is 23.8 Å². The van der Waals surface area contributed by atoms with Crippen LogP contribution in [0.4, 0.5) is 0 Å². The first kappa shape index (κ1) is 10.7. The molecular weight excluding hydrogens is 210 g/mol. The van der Waals surface area contributed by atoms with Gasteiger partial charge in [-0.05, 0) is 0 Å². The Balaban J connectivity index is 1.76. The van der Waals surface area contributed by atoms with E-state index in [0.29, 0.717) is 25.5 Å². The maximum atomic E-state index is 8.73. The lowest BCUT2D eigenvalue weighted by Crippen LogP contribution is -2.13. The standard InChI is InChI=1S/C8H13N7O/c16-2-1-15-6-7(4-10-15)3-9-5-8-11-13-14-12-8/h4,6,9,16H,1-3,5H2,(H,11,12,13,14). The molecule has 0 aromatic carbocycles. The molecule has 8 heteroatoms. The van der Waals surface area contributed by atoms with Crippen molar-refractivity contribution in [1.82, 2.24) is 35.7 Å². The van der Waals surface area contributed by atoms with Crippen LogP contribution in [0.5, 0.6) is 0 Å². The number of nitrogens with zero attached hydrogens (tertiary/aromatic N) is 5. The molecule has 86 valence electrons. The van der Waals surface area contributed by atoms with E-state index < -0.39 is 0 Å². The van der Waals surface area contributed by atoms with E-state index in [1.54, 1.807) is 10.9 Å². The Morgan fingerprint density at radius 2 is 2.38 bits per heavy atom. The largest absolute Gasteiger partial charge is 0.394 e. The Morgan fingerprint density at radius 3 is 3.12 bits per heavy atom. The van der Waals surface area contributed by atoms with Crippen molar-refractivity contribution in [3.63, 3.8) is 0 Å². The van der Waals surface area contributed by atoms with E-state index in [0.717, 1.165) is 5.56 Å². The fourth-order valence-corrected chi connectivity index (χ4v) is 1.30. The molecule has 0 unspecified atom stereocenters. The highest BCUT2D eigenvalue weighted by molar-refractivity contribution is 5.03. The molecule has 0 spiro atoms. The molecule has 0 aliphatic carbocycles. The minimum Gasteiger partial charge on any atom is -0.394 e. The van der Waals surface area contributed by atoms with Crippen molar-refractivity contribution in [2.24, 2.45) is 0 Å². The number of hydrogen-bond acceptors (Lipinski definition) is 6. The van der Waals surface area contributed by atoms with Crippen LogP contribution in [0, 0.1) is 0 Å². The second-order valence-electron chi connectivity index (χ2n) is 3.27. The van der Waals surface area contributed by atoms with Crippen LogP contribution in [0.25, 0.3) is 0 Å². The Hall–Kier alpha value is -1.80. The summed E-state index contributed by atoms with van der Waals surface area (Å²) in [5.74, 6) is 0.628. The first-order valence-electron chi connectivity index (χ1n) is 4.93. The van der Waals surface area contributed by atoms with E-state index in [-0.39, 0.29) is 6.61 Å². The zero-order valence-corrected chi connectivity index (χ0v) is 8.67. The lowest BCUT2D eigenvalue weighted by atomic mass is 10.3. The van der Waals surface area contributed by atoms with Crippen molar-refractivity contribution in [2.75, 3.05) is 6.61 Å². The summed E-state index contributed by atoms with van der Waals surface area (Å²) in [4.78, 5) is 0. The van der Waals surface area contributed by atoms with Gasteiger partial charge < -0.3 is 10.4 Å². The third-order valence-corrected chi connectivity index (χ3v) is 2.02. The molecule has 2 heterocycles. The fourth-order valence-electron chi connectivity index (χ4n) is 1.30. The Labute approximate surface area is 91.7 Å². The lowest BCUT2D eigenvalue weighted by Gasteiger charge is -1.98. The summed E-state index contributed by atoms with van der Waals surface area (Å²) in [6.45, 7) is 1.85. The SMILES string of the molecule is OCCn1cc(CNCc2nn[nH]n2)cn1. The maximum Gasteiger partial charge on any atom is 0.188 e. The van der Waals surface area contributed by atoms with Gasteiger partial charge in [-0.15, -0.1) is 10.2 Å². The highest BCUT2D eigenvalue weighted by Gasteiger charge is 2.00. The van der Waals surface area contributed by atoms with Gasteiger partial charge in [0.05, 0.1) is 25.9 Å².